The zero-order valence-electron chi connectivity index (χ0n) is 9.86. The fourth-order valence-electron chi connectivity index (χ4n) is 2.19. The third-order valence-corrected chi connectivity index (χ3v) is 3.69. The second-order valence-electron chi connectivity index (χ2n) is 4.25. The van der Waals surface area contributed by atoms with Gasteiger partial charge in [0.1, 0.15) is 0 Å². The number of benzene rings is 2. The van der Waals surface area contributed by atoms with Gasteiger partial charge in [-0.3, -0.25) is 0 Å². The maximum atomic E-state index is 3.57. The molecule has 1 nitrogen and oxygen atoms in total. The number of aromatic nitrogens is 1. The van der Waals surface area contributed by atoms with Crippen molar-refractivity contribution in [2.45, 2.75) is 5.33 Å². The molecular weight excluding hydrogens is 286 g/mol. The van der Waals surface area contributed by atoms with E-state index in [9.17, 15) is 0 Å². The maximum absolute atomic E-state index is 3.57. The number of para-hydroxylation sites is 1. The molecule has 3 rings (SSSR count). The lowest BCUT2D eigenvalue weighted by molar-refractivity contribution is -0.331. The summed E-state index contributed by atoms with van der Waals surface area (Å²) in [7, 11) is 0. The van der Waals surface area contributed by atoms with Crippen LogP contribution in [0.25, 0.3) is 22.2 Å². The summed E-state index contributed by atoms with van der Waals surface area (Å²) in [4.78, 5) is 3.50. The van der Waals surface area contributed by atoms with Gasteiger partial charge in [0, 0.05) is 23.0 Å². The van der Waals surface area contributed by atoms with E-state index in [1.165, 1.54) is 22.0 Å². The summed E-state index contributed by atoms with van der Waals surface area (Å²) in [5.41, 5.74) is 4.85. The second-order valence-corrected chi connectivity index (χ2v) is 4.81. The van der Waals surface area contributed by atoms with E-state index in [0.717, 1.165) is 11.0 Å². The highest BCUT2D eigenvalue weighted by Crippen LogP contribution is 2.23. The highest BCUT2D eigenvalue weighted by Gasteiger charge is 2.11. The van der Waals surface area contributed by atoms with Crippen molar-refractivity contribution in [2.24, 2.45) is 0 Å². The molecule has 88 valence electrons. The molecule has 0 spiro atoms. The normalized spacial score (nSPS) is 10.7. The fraction of sp³-hybridized carbons (Fsp3) is 0.0625. The van der Waals surface area contributed by atoms with Gasteiger partial charge in [-0.05, 0) is 23.8 Å². The van der Waals surface area contributed by atoms with Crippen molar-refractivity contribution in [1.82, 2.24) is 0 Å². The van der Waals surface area contributed by atoms with E-state index in [1.54, 1.807) is 0 Å². The van der Waals surface area contributed by atoms with Crippen LogP contribution in [0.5, 0.6) is 0 Å². The molecule has 0 aliphatic rings. The van der Waals surface area contributed by atoms with Crippen LogP contribution >= 0.6 is 15.9 Å². The van der Waals surface area contributed by atoms with Crippen molar-refractivity contribution in [2.75, 3.05) is 0 Å². The molecule has 0 unspecified atom stereocenters. The maximum Gasteiger partial charge on any atom is 0.211 e. The van der Waals surface area contributed by atoms with E-state index in [1.807, 2.05) is 6.07 Å². The number of halogens is 1. The lowest BCUT2D eigenvalue weighted by Gasteiger charge is -2.02. The van der Waals surface area contributed by atoms with E-state index in [4.69, 9.17) is 0 Å². The van der Waals surface area contributed by atoms with Crippen LogP contribution in [0, 0.1) is 0 Å². The molecule has 1 aromatic heterocycles. The van der Waals surface area contributed by atoms with Crippen molar-refractivity contribution in [1.29, 1.82) is 0 Å². The van der Waals surface area contributed by atoms with Crippen LogP contribution in [0.4, 0.5) is 0 Å². The van der Waals surface area contributed by atoms with Gasteiger partial charge in [-0.2, -0.15) is 0 Å². The molecule has 0 aliphatic carbocycles. The summed E-state index contributed by atoms with van der Waals surface area (Å²) >= 11 is 3.57. The largest absolute Gasteiger partial charge is 0.211 e. The Labute approximate surface area is 115 Å². The molecule has 0 saturated heterocycles. The Balaban J connectivity index is 2.26. The van der Waals surface area contributed by atoms with Crippen molar-refractivity contribution in [3.8, 4) is 11.3 Å². The number of hydrogen-bond acceptors (Lipinski definition) is 0. The number of rotatable bonds is 2. The first-order chi connectivity index (χ1) is 8.88. The highest BCUT2D eigenvalue weighted by atomic mass is 79.9. The van der Waals surface area contributed by atoms with Gasteiger partial charge >= 0.3 is 0 Å². The SMILES string of the molecule is BrCc1cc(-c2ccccc2)[nH+]c2ccccc12. The molecule has 0 aliphatic heterocycles. The van der Waals surface area contributed by atoms with E-state index in [2.05, 4.69) is 75.5 Å². The Kier molecular flexibility index (Phi) is 3.11. The first kappa shape index (κ1) is 11.4. The zero-order chi connectivity index (χ0) is 12.4. The molecule has 0 atom stereocenters. The van der Waals surface area contributed by atoms with Crippen LogP contribution < -0.4 is 4.98 Å². The van der Waals surface area contributed by atoms with Crippen LogP contribution in [-0.2, 0) is 5.33 Å². The fourth-order valence-corrected chi connectivity index (χ4v) is 2.65. The van der Waals surface area contributed by atoms with E-state index < -0.39 is 0 Å². The molecule has 2 heteroatoms. The number of pyridine rings is 1. The zero-order valence-corrected chi connectivity index (χ0v) is 11.4. The quantitative estimate of drug-likeness (QED) is 0.629. The van der Waals surface area contributed by atoms with Gasteiger partial charge in [0.05, 0.1) is 5.39 Å². The number of fused-ring (bicyclic) bond motifs is 1. The Morgan fingerprint density at radius 2 is 1.61 bits per heavy atom. The molecular formula is C16H13BrN+. The summed E-state index contributed by atoms with van der Waals surface area (Å²) in [6.07, 6.45) is 0. The van der Waals surface area contributed by atoms with Crippen LogP contribution in [0.1, 0.15) is 5.56 Å². The van der Waals surface area contributed by atoms with Crippen molar-refractivity contribution < 1.29 is 4.98 Å². The number of hydrogen-bond donors (Lipinski definition) is 0. The minimum atomic E-state index is 0.863. The number of nitrogens with one attached hydrogen (secondary N) is 1. The third kappa shape index (κ3) is 2.04. The van der Waals surface area contributed by atoms with Gasteiger partial charge in [-0.1, -0.05) is 46.3 Å². The van der Waals surface area contributed by atoms with Crippen LogP contribution in [0.3, 0.4) is 0 Å². The molecule has 1 N–H and O–H groups in total. The first-order valence-corrected chi connectivity index (χ1v) is 7.06. The topological polar surface area (TPSA) is 14.1 Å². The van der Waals surface area contributed by atoms with Crippen LogP contribution in [-0.4, -0.2) is 0 Å². The minimum absolute atomic E-state index is 0.863. The summed E-state index contributed by atoms with van der Waals surface area (Å²) in [6.45, 7) is 0. The molecule has 18 heavy (non-hydrogen) atoms. The predicted molar refractivity (Wildman–Crippen MR) is 78.6 cm³/mol. The molecule has 0 fully saturated rings. The molecule has 2 aromatic carbocycles. The lowest BCUT2D eigenvalue weighted by atomic mass is 10.1. The first-order valence-electron chi connectivity index (χ1n) is 5.94. The van der Waals surface area contributed by atoms with E-state index in [0.29, 0.717) is 0 Å². The number of H-pyrrole nitrogens is 1. The van der Waals surface area contributed by atoms with Gasteiger partial charge in [0.25, 0.3) is 0 Å². The van der Waals surface area contributed by atoms with Gasteiger partial charge in [0.2, 0.25) is 11.2 Å². The van der Waals surface area contributed by atoms with Gasteiger partial charge < -0.3 is 0 Å². The van der Waals surface area contributed by atoms with Gasteiger partial charge in [-0.15, -0.1) is 0 Å². The molecule has 0 saturated carbocycles. The van der Waals surface area contributed by atoms with Crippen molar-refractivity contribution in [3.05, 3.63) is 66.2 Å². The van der Waals surface area contributed by atoms with E-state index in [-0.39, 0.29) is 0 Å². The third-order valence-electron chi connectivity index (χ3n) is 3.09. The average Bonchev–Trinajstić information content (AvgIpc) is 2.47. The summed E-state index contributed by atoms with van der Waals surface area (Å²) in [6, 6.07) is 21.0. The Bertz CT molecular complexity index is 677. The van der Waals surface area contributed by atoms with Crippen molar-refractivity contribution in [3.63, 3.8) is 0 Å². The molecule has 0 bridgehead atoms. The number of alkyl halides is 1. The van der Waals surface area contributed by atoms with Gasteiger partial charge in [0.15, 0.2) is 0 Å². The molecule has 0 radical (unpaired) electrons. The smallest absolute Gasteiger partial charge is 0.204 e. The molecule has 0 amide bonds. The van der Waals surface area contributed by atoms with Crippen LogP contribution in [0.2, 0.25) is 0 Å². The highest BCUT2D eigenvalue weighted by molar-refractivity contribution is 9.08. The summed E-state index contributed by atoms with van der Waals surface area (Å²) in [5.74, 6) is 0. The lowest BCUT2D eigenvalue weighted by Crippen LogP contribution is -2.09. The van der Waals surface area contributed by atoms with Gasteiger partial charge in [-0.25, -0.2) is 4.98 Å². The Hall–Kier alpha value is -1.67. The number of aromatic amines is 1. The van der Waals surface area contributed by atoms with Crippen LogP contribution in [0.15, 0.2) is 60.7 Å². The Morgan fingerprint density at radius 1 is 0.889 bits per heavy atom. The summed E-state index contributed by atoms with van der Waals surface area (Å²) in [5, 5.41) is 2.14. The minimum Gasteiger partial charge on any atom is -0.204 e. The molecule has 1 heterocycles. The molecule has 3 aromatic rings. The summed E-state index contributed by atoms with van der Waals surface area (Å²) < 4.78 is 0. The average molecular weight is 299 g/mol. The standard InChI is InChI=1S/C16H12BrN/c17-11-13-10-16(12-6-2-1-3-7-12)18-15-9-5-4-8-14(13)15/h1-10H,11H2/p+1. The van der Waals surface area contributed by atoms with E-state index >= 15 is 0 Å². The Morgan fingerprint density at radius 3 is 2.39 bits per heavy atom. The van der Waals surface area contributed by atoms with Crippen molar-refractivity contribution >= 4 is 26.8 Å². The second kappa shape index (κ2) is 4.91. The predicted octanol–water partition coefficient (Wildman–Crippen LogP) is 4.22. The monoisotopic (exact) mass is 298 g/mol.